The fourth-order valence-electron chi connectivity index (χ4n) is 3.69. The minimum atomic E-state index is -0.101. The van der Waals surface area contributed by atoms with Crippen molar-refractivity contribution in [3.8, 4) is 0 Å². The molecule has 0 fully saturated rings. The van der Waals surface area contributed by atoms with E-state index in [4.69, 9.17) is 9.47 Å². The summed E-state index contributed by atoms with van der Waals surface area (Å²) < 4.78 is 11.3. The zero-order valence-corrected chi connectivity index (χ0v) is 23.2. The van der Waals surface area contributed by atoms with E-state index in [9.17, 15) is 0 Å². The predicted molar refractivity (Wildman–Crippen MR) is 126 cm³/mol. The number of hydrogen-bond donors (Lipinski definition) is 0. The Morgan fingerprint density at radius 2 is 0.852 bits per heavy atom. The molecule has 0 amide bonds. The summed E-state index contributed by atoms with van der Waals surface area (Å²) in [5, 5.41) is 0. The maximum Gasteiger partial charge on any atom is 0.0904 e. The first-order valence-corrected chi connectivity index (χ1v) is 11.5. The van der Waals surface area contributed by atoms with E-state index in [1.54, 1.807) is 14.2 Å². The van der Waals surface area contributed by atoms with Crippen molar-refractivity contribution in [1.82, 2.24) is 0 Å². The first kappa shape index (κ1) is 32.6. The maximum absolute atomic E-state index is 5.67. The molecule has 0 heterocycles. The molecule has 2 atom stereocenters. The van der Waals surface area contributed by atoms with E-state index in [0.717, 1.165) is 12.3 Å². The van der Waals surface area contributed by atoms with E-state index < -0.39 is 0 Å². The molecular formula is C22H46O2P2Pd. The van der Waals surface area contributed by atoms with E-state index in [1.165, 1.54) is 0 Å². The molecule has 166 valence electrons. The predicted octanol–water partition coefficient (Wildman–Crippen LogP) is 6.23. The smallest absolute Gasteiger partial charge is 0.0904 e. The number of ether oxygens (including phenoxy) is 2. The Morgan fingerprint density at radius 3 is 0.963 bits per heavy atom. The molecule has 0 radical (unpaired) electrons. The first-order valence-electron chi connectivity index (χ1n) is 9.88. The Hall–Kier alpha value is 0.922. The molecule has 0 rings (SSSR count). The molecule has 0 saturated carbocycles. The summed E-state index contributed by atoms with van der Waals surface area (Å²) in [5.41, 5.74) is -0.201. The molecule has 0 bridgehead atoms. The van der Waals surface area contributed by atoms with Crippen LogP contribution in [0.25, 0.3) is 0 Å². The SMILES string of the molecule is COC(C=CCP)(C(C)C)C(C)C.COC(C=CCP)(C(C)C)C(C)C.[Pd]. The third kappa shape index (κ3) is 9.99. The normalized spacial score (nSPS) is 13.0. The minimum absolute atomic E-state index is 0. The van der Waals surface area contributed by atoms with Crippen LogP contribution in [0.3, 0.4) is 0 Å². The first-order chi connectivity index (χ1) is 12.0. The molecule has 0 aliphatic rings. The van der Waals surface area contributed by atoms with Gasteiger partial charge in [0, 0.05) is 34.6 Å². The van der Waals surface area contributed by atoms with Gasteiger partial charge in [0.05, 0.1) is 11.2 Å². The van der Waals surface area contributed by atoms with Gasteiger partial charge < -0.3 is 9.47 Å². The summed E-state index contributed by atoms with van der Waals surface area (Å²) in [6.45, 7) is 17.6. The van der Waals surface area contributed by atoms with Crippen LogP contribution in [-0.4, -0.2) is 37.7 Å². The molecule has 0 aromatic heterocycles. The molecule has 0 aromatic carbocycles. The molecule has 0 aliphatic heterocycles. The zero-order valence-electron chi connectivity index (χ0n) is 19.3. The van der Waals surface area contributed by atoms with Crippen LogP contribution in [0, 0.1) is 23.7 Å². The van der Waals surface area contributed by atoms with Gasteiger partial charge in [0.25, 0.3) is 0 Å². The summed E-state index contributed by atoms with van der Waals surface area (Å²) in [6.07, 6.45) is 10.7. The quantitative estimate of drug-likeness (QED) is 0.197. The van der Waals surface area contributed by atoms with E-state index in [2.05, 4.69) is 98.2 Å². The van der Waals surface area contributed by atoms with Gasteiger partial charge in [-0.3, -0.25) is 0 Å². The third-order valence-electron chi connectivity index (χ3n) is 5.35. The van der Waals surface area contributed by atoms with Crippen LogP contribution in [-0.2, 0) is 29.9 Å². The second kappa shape index (κ2) is 16.7. The Kier molecular flexibility index (Phi) is 20.1. The largest absolute Gasteiger partial charge is 0.374 e. The summed E-state index contributed by atoms with van der Waals surface area (Å²) in [6, 6.07) is 0. The maximum atomic E-state index is 5.67. The van der Waals surface area contributed by atoms with Crippen molar-refractivity contribution in [2.75, 3.05) is 26.5 Å². The Bertz CT molecular complexity index is 351. The summed E-state index contributed by atoms with van der Waals surface area (Å²) >= 11 is 0. The van der Waals surface area contributed by atoms with Gasteiger partial charge in [0.2, 0.25) is 0 Å². The van der Waals surface area contributed by atoms with Crippen LogP contribution < -0.4 is 0 Å². The Balaban J connectivity index is -0.000000411. The van der Waals surface area contributed by atoms with Crippen molar-refractivity contribution in [2.45, 2.75) is 66.6 Å². The van der Waals surface area contributed by atoms with Gasteiger partial charge in [-0.05, 0) is 36.0 Å². The molecule has 5 heteroatoms. The molecule has 0 N–H and O–H groups in total. The van der Waals surface area contributed by atoms with Crippen LogP contribution in [0.2, 0.25) is 0 Å². The monoisotopic (exact) mass is 510 g/mol. The number of hydrogen-bond acceptors (Lipinski definition) is 2. The van der Waals surface area contributed by atoms with Crippen molar-refractivity contribution in [3.63, 3.8) is 0 Å². The molecular weight excluding hydrogens is 465 g/mol. The average molecular weight is 511 g/mol. The second-order valence-electron chi connectivity index (χ2n) is 8.01. The van der Waals surface area contributed by atoms with Gasteiger partial charge in [-0.15, -0.1) is 18.5 Å². The van der Waals surface area contributed by atoms with E-state index in [0.29, 0.717) is 23.7 Å². The van der Waals surface area contributed by atoms with Crippen molar-refractivity contribution in [3.05, 3.63) is 24.3 Å². The molecule has 2 unspecified atom stereocenters. The van der Waals surface area contributed by atoms with E-state index >= 15 is 0 Å². The van der Waals surface area contributed by atoms with Crippen LogP contribution in [0.4, 0.5) is 0 Å². The topological polar surface area (TPSA) is 18.5 Å². The number of methoxy groups -OCH3 is 2. The van der Waals surface area contributed by atoms with Crippen LogP contribution >= 0.6 is 18.5 Å². The summed E-state index contributed by atoms with van der Waals surface area (Å²) in [5.74, 6) is 2.02. The van der Waals surface area contributed by atoms with Crippen LogP contribution in [0.1, 0.15) is 55.4 Å². The molecule has 27 heavy (non-hydrogen) atoms. The standard InChI is InChI=1S/2C11H23OP.Pd/c2*1-9(2)11(12-5,10(3)4)7-6-8-13;/h2*6-7,9-10H,8,13H2,1-5H3;. The van der Waals surface area contributed by atoms with E-state index in [1.807, 2.05) is 0 Å². The fraction of sp³-hybridized carbons (Fsp3) is 0.818. The van der Waals surface area contributed by atoms with Gasteiger partial charge in [0.1, 0.15) is 0 Å². The number of rotatable bonds is 10. The third-order valence-corrected chi connectivity index (χ3v) is 5.89. The van der Waals surface area contributed by atoms with Crippen LogP contribution in [0.5, 0.6) is 0 Å². The van der Waals surface area contributed by atoms with Crippen LogP contribution in [0.15, 0.2) is 24.3 Å². The van der Waals surface area contributed by atoms with Gasteiger partial charge in [-0.1, -0.05) is 79.7 Å². The fourth-order valence-corrected chi connectivity index (χ4v) is 3.96. The second-order valence-corrected chi connectivity index (χ2v) is 8.95. The van der Waals surface area contributed by atoms with Crippen molar-refractivity contribution in [2.24, 2.45) is 23.7 Å². The Labute approximate surface area is 189 Å². The van der Waals surface area contributed by atoms with Gasteiger partial charge in [-0.2, -0.15) is 0 Å². The van der Waals surface area contributed by atoms with Crippen molar-refractivity contribution in [1.29, 1.82) is 0 Å². The van der Waals surface area contributed by atoms with Crippen molar-refractivity contribution < 1.29 is 29.9 Å². The van der Waals surface area contributed by atoms with Crippen molar-refractivity contribution >= 4 is 18.5 Å². The molecule has 0 aliphatic carbocycles. The molecule has 0 saturated heterocycles. The van der Waals surface area contributed by atoms with Gasteiger partial charge in [-0.25, -0.2) is 0 Å². The zero-order chi connectivity index (χ0) is 21.0. The Morgan fingerprint density at radius 1 is 0.630 bits per heavy atom. The van der Waals surface area contributed by atoms with Gasteiger partial charge in [0.15, 0.2) is 0 Å². The van der Waals surface area contributed by atoms with E-state index in [-0.39, 0.29) is 31.6 Å². The number of allylic oxidation sites excluding steroid dienone is 2. The summed E-state index contributed by atoms with van der Waals surface area (Å²) in [4.78, 5) is 0. The average Bonchev–Trinajstić information content (AvgIpc) is 2.56. The van der Waals surface area contributed by atoms with Gasteiger partial charge >= 0.3 is 0 Å². The summed E-state index contributed by atoms with van der Waals surface area (Å²) in [7, 11) is 9.00. The molecule has 2 nitrogen and oxygen atoms in total. The molecule has 0 aromatic rings. The molecule has 0 spiro atoms. The minimum Gasteiger partial charge on any atom is -0.374 e.